The number of hydrogen-bond donors (Lipinski definition) is 0. The number of rotatable bonds is 5. The summed E-state index contributed by atoms with van der Waals surface area (Å²) < 4.78 is 0. The summed E-state index contributed by atoms with van der Waals surface area (Å²) in [6, 6.07) is 1.25. The molecule has 0 radical (unpaired) electrons. The Hall–Kier alpha value is -2.55. The zero-order valence-corrected chi connectivity index (χ0v) is 14.5. The molecule has 9 nitrogen and oxygen atoms in total. The minimum atomic E-state index is -0.737. The lowest BCUT2D eigenvalue weighted by Gasteiger charge is -2.35. The molecule has 2 fully saturated rings. The molecule has 2 aliphatic rings. The van der Waals surface area contributed by atoms with Crippen LogP contribution in [0.15, 0.2) is 18.5 Å². The van der Waals surface area contributed by atoms with Crippen molar-refractivity contribution in [3.05, 3.63) is 18.5 Å². The first kappa shape index (κ1) is 17.3. The second kappa shape index (κ2) is 7.14. The van der Waals surface area contributed by atoms with Gasteiger partial charge in [0.2, 0.25) is 5.95 Å². The molecule has 0 unspecified atom stereocenters. The molecule has 0 N–H and O–H groups in total. The second-order valence-electron chi connectivity index (χ2n) is 6.62. The van der Waals surface area contributed by atoms with Gasteiger partial charge in [-0.15, -0.1) is 0 Å². The Balaban J connectivity index is 1.58. The quantitative estimate of drug-likeness (QED) is 0.548. The summed E-state index contributed by atoms with van der Waals surface area (Å²) in [6.07, 6.45) is 3.40. The van der Waals surface area contributed by atoms with E-state index in [4.69, 9.17) is 0 Å². The van der Waals surface area contributed by atoms with Crippen LogP contribution in [0.25, 0.3) is 0 Å². The fourth-order valence-electron chi connectivity index (χ4n) is 2.95. The highest BCUT2D eigenvalue weighted by atomic mass is 16.2. The van der Waals surface area contributed by atoms with E-state index >= 15 is 0 Å². The minimum Gasteiger partial charge on any atom is -0.338 e. The highest BCUT2D eigenvalue weighted by Crippen LogP contribution is 2.16. The van der Waals surface area contributed by atoms with Crippen LogP contribution in [0.4, 0.5) is 10.7 Å². The van der Waals surface area contributed by atoms with Gasteiger partial charge in [-0.05, 0) is 12.0 Å². The van der Waals surface area contributed by atoms with Gasteiger partial charge in [-0.3, -0.25) is 19.4 Å². The van der Waals surface area contributed by atoms with Crippen molar-refractivity contribution in [2.75, 3.05) is 44.3 Å². The van der Waals surface area contributed by atoms with E-state index in [1.807, 2.05) is 18.7 Å². The molecule has 3 heterocycles. The SMILES string of the molecule is CC(C)CN1C(=O)C(=O)N(CN2CCN(c3ncccn3)CC2)C1=O. The third kappa shape index (κ3) is 3.60. The van der Waals surface area contributed by atoms with Crippen molar-refractivity contribution in [3.8, 4) is 0 Å². The molecule has 0 bridgehead atoms. The number of imide groups is 2. The largest absolute Gasteiger partial charge is 0.338 e. The number of amides is 4. The molecular weight excluding hydrogens is 324 g/mol. The maximum Gasteiger partial charge on any atom is 0.335 e. The number of urea groups is 1. The van der Waals surface area contributed by atoms with Crippen LogP contribution in [0.3, 0.4) is 0 Å². The van der Waals surface area contributed by atoms with Gasteiger partial charge in [0.25, 0.3) is 0 Å². The number of nitrogens with zero attached hydrogens (tertiary/aromatic N) is 6. The van der Waals surface area contributed by atoms with Gasteiger partial charge in [-0.25, -0.2) is 19.7 Å². The summed E-state index contributed by atoms with van der Waals surface area (Å²) in [5.74, 6) is -0.668. The number of piperazine rings is 1. The van der Waals surface area contributed by atoms with E-state index in [1.54, 1.807) is 18.5 Å². The van der Waals surface area contributed by atoms with Gasteiger partial charge in [0.1, 0.15) is 0 Å². The average molecular weight is 346 g/mol. The topological polar surface area (TPSA) is 90.0 Å². The third-order valence-electron chi connectivity index (χ3n) is 4.23. The molecule has 0 aliphatic carbocycles. The van der Waals surface area contributed by atoms with Crippen molar-refractivity contribution >= 4 is 23.8 Å². The Morgan fingerprint density at radius 3 is 2.16 bits per heavy atom. The number of hydrogen-bond acceptors (Lipinski definition) is 7. The first-order valence-corrected chi connectivity index (χ1v) is 8.39. The van der Waals surface area contributed by atoms with Crippen molar-refractivity contribution in [2.24, 2.45) is 5.92 Å². The van der Waals surface area contributed by atoms with E-state index in [9.17, 15) is 14.4 Å². The van der Waals surface area contributed by atoms with Gasteiger partial charge in [0, 0.05) is 45.1 Å². The summed E-state index contributed by atoms with van der Waals surface area (Å²) in [6.45, 7) is 6.92. The predicted octanol–water partition coefficient (Wildman–Crippen LogP) is 0.00290. The lowest BCUT2D eigenvalue weighted by molar-refractivity contribution is -0.144. The first-order valence-electron chi connectivity index (χ1n) is 8.39. The maximum absolute atomic E-state index is 12.4. The van der Waals surface area contributed by atoms with E-state index in [1.165, 1.54) is 0 Å². The van der Waals surface area contributed by atoms with E-state index < -0.39 is 17.8 Å². The Morgan fingerprint density at radius 1 is 0.960 bits per heavy atom. The minimum absolute atomic E-state index is 0.120. The van der Waals surface area contributed by atoms with Crippen molar-refractivity contribution in [3.63, 3.8) is 0 Å². The summed E-state index contributed by atoms with van der Waals surface area (Å²) in [5, 5.41) is 0. The van der Waals surface area contributed by atoms with E-state index in [-0.39, 0.29) is 19.1 Å². The van der Waals surface area contributed by atoms with Crippen molar-refractivity contribution < 1.29 is 14.4 Å². The molecule has 2 aliphatic heterocycles. The van der Waals surface area contributed by atoms with Gasteiger partial charge in [0.15, 0.2) is 0 Å². The second-order valence-corrected chi connectivity index (χ2v) is 6.62. The average Bonchev–Trinajstić information content (AvgIpc) is 2.81. The van der Waals surface area contributed by atoms with E-state index in [0.717, 1.165) is 9.80 Å². The van der Waals surface area contributed by atoms with Crippen LogP contribution < -0.4 is 4.90 Å². The van der Waals surface area contributed by atoms with E-state index in [2.05, 4.69) is 14.9 Å². The molecule has 0 saturated carbocycles. The number of carbonyl (C=O) groups excluding carboxylic acids is 3. The monoisotopic (exact) mass is 346 g/mol. The van der Waals surface area contributed by atoms with Crippen molar-refractivity contribution in [1.29, 1.82) is 0 Å². The zero-order valence-electron chi connectivity index (χ0n) is 14.5. The normalized spacial score (nSPS) is 19.5. The van der Waals surface area contributed by atoms with Crippen LogP contribution in [0.5, 0.6) is 0 Å². The maximum atomic E-state index is 12.4. The van der Waals surface area contributed by atoms with Crippen LogP contribution in [-0.4, -0.2) is 81.9 Å². The summed E-state index contributed by atoms with van der Waals surface area (Å²) >= 11 is 0. The van der Waals surface area contributed by atoms with Crippen molar-refractivity contribution in [2.45, 2.75) is 13.8 Å². The molecule has 0 aromatic carbocycles. The van der Waals surface area contributed by atoms with Crippen LogP contribution in [0.2, 0.25) is 0 Å². The van der Waals surface area contributed by atoms with Crippen LogP contribution >= 0.6 is 0 Å². The van der Waals surface area contributed by atoms with Gasteiger partial charge in [0.05, 0.1) is 6.67 Å². The molecule has 1 aromatic heterocycles. The molecule has 9 heteroatoms. The molecule has 134 valence electrons. The predicted molar refractivity (Wildman–Crippen MR) is 89.5 cm³/mol. The summed E-state index contributed by atoms with van der Waals surface area (Å²) in [5.41, 5.74) is 0. The number of carbonyl (C=O) groups is 3. The van der Waals surface area contributed by atoms with Crippen molar-refractivity contribution in [1.82, 2.24) is 24.7 Å². The fraction of sp³-hybridized carbons (Fsp3) is 0.562. The smallest absolute Gasteiger partial charge is 0.335 e. The summed E-state index contributed by atoms with van der Waals surface area (Å²) in [4.78, 5) is 51.1. The molecule has 0 spiro atoms. The lowest BCUT2D eigenvalue weighted by atomic mass is 10.2. The lowest BCUT2D eigenvalue weighted by Crippen LogP contribution is -2.51. The Kier molecular flexibility index (Phi) is 4.93. The Bertz CT molecular complexity index is 657. The number of anilines is 1. The van der Waals surface area contributed by atoms with E-state index in [0.29, 0.717) is 32.1 Å². The number of aromatic nitrogens is 2. The molecule has 4 amide bonds. The zero-order chi connectivity index (χ0) is 18.0. The standard InChI is InChI=1S/C16H22N6O3/c1-12(2)10-21-13(23)14(24)22(16(21)25)11-19-6-8-20(9-7-19)15-17-4-3-5-18-15/h3-5,12H,6-11H2,1-2H3. The first-order chi connectivity index (χ1) is 12.0. The van der Waals surface area contributed by atoms with Gasteiger partial charge in [-0.2, -0.15) is 0 Å². The van der Waals surface area contributed by atoms with Crippen LogP contribution in [0.1, 0.15) is 13.8 Å². The van der Waals surface area contributed by atoms with Crippen LogP contribution in [0, 0.1) is 5.92 Å². The highest BCUT2D eigenvalue weighted by molar-refractivity contribution is 6.44. The molecule has 0 atom stereocenters. The van der Waals surface area contributed by atoms with Gasteiger partial charge < -0.3 is 4.90 Å². The fourth-order valence-corrected chi connectivity index (χ4v) is 2.95. The Morgan fingerprint density at radius 2 is 1.56 bits per heavy atom. The summed E-state index contributed by atoms with van der Waals surface area (Å²) in [7, 11) is 0. The molecule has 2 saturated heterocycles. The highest BCUT2D eigenvalue weighted by Gasteiger charge is 2.45. The Labute approximate surface area is 146 Å². The van der Waals surface area contributed by atoms with Gasteiger partial charge >= 0.3 is 17.8 Å². The molecule has 25 heavy (non-hydrogen) atoms. The molecule has 3 rings (SSSR count). The third-order valence-corrected chi connectivity index (χ3v) is 4.23. The van der Waals surface area contributed by atoms with Crippen LogP contribution in [-0.2, 0) is 9.59 Å². The molecule has 1 aromatic rings. The molecular formula is C16H22N6O3. The van der Waals surface area contributed by atoms with Gasteiger partial charge in [-0.1, -0.05) is 13.8 Å².